The molecular formula is C13H8ClF2NOS. The van der Waals surface area contributed by atoms with Crippen LogP contribution in [0.5, 0.6) is 11.5 Å². The lowest BCUT2D eigenvalue weighted by Crippen LogP contribution is -2.10. The number of rotatable bonds is 3. The molecular weight excluding hydrogens is 292 g/mol. The molecule has 0 aliphatic carbocycles. The SMILES string of the molecule is NC(=S)c1cc(F)c(Oc2ccc(Cl)cc2)c(F)c1. The Kier molecular flexibility index (Phi) is 3.97. The number of nitrogens with two attached hydrogens (primary N) is 1. The van der Waals surface area contributed by atoms with Crippen LogP contribution in [0.25, 0.3) is 0 Å². The van der Waals surface area contributed by atoms with Crippen molar-refractivity contribution < 1.29 is 13.5 Å². The van der Waals surface area contributed by atoms with Gasteiger partial charge in [0.05, 0.1) is 0 Å². The zero-order chi connectivity index (χ0) is 14.0. The van der Waals surface area contributed by atoms with Crippen LogP contribution < -0.4 is 10.5 Å². The molecule has 0 unspecified atom stereocenters. The highest BCUT2D eigenvalue weighted by atomic mass is 35.5. The minimum Gasteiger partial charge on any atom is -0.451 e. The molecule has 6 heteroatoms. The van der Waals surface area contributed by atoms with Gasteiger partial charge in [-0.15, -0.1) is 0 Å². The summed E-state index contributed by atoms with van der Waals surface area (Å²) in [5.74, 6) is -2.00. The van der Waals surface area contributed by atoms with Crippen LogP contribution in [0.1, 0.15) is 5.56 Å². The number of benzene rings is 2. The van der Waals surface area contributed by atoms with Crippen LogP contribution in [0.4, 0.5) is 8.78 Å². The fourth-order valence-electron chi connectivity index (χ4n) is 1.42. The molecule has 2 aromatic carbocycles. The van der Waals surface area contributed by atoms with E-state index < -0.39 is 17.4 Å². The lowest BCUT2D eigenvalue weighted by molar-refractivity contribution is 0.407. The summed E-state index contributed by atoms with van der Waals surface area (Å²) in [6, 6.07) is 8.16. The molecule has 19 heavy (non-hydrogen) atoms. The standard InChI is InChI=1S/C13H8ClF2NOS/c14-8-1-3-9(4-2-8)18-12-10(15)5-7(13(17)19)6-11(12)16/h1-6H,(H2,17,19). The second-order valence-corrected chi connectivity index (χ2v) is 4.57. The maximum absolute atomic E-state index is 13.7. The topological polar surface area (TPSA) is 35.2 Å². The predicted octanol–water partition coefficient (Wildman–Crippen LogP) is 4.04. The van der Waals surface area contributed by atoms with Gasteiger partial charge in [0, 0.05) is 10.6 Å². The summed E-state index contributed by atoms with van der Waals surface area (Å²) >= 11 is 10.4. The molecule has 0 bridgehead atoms. The Bertz CT molecular complexity index is 608. The first kappa shape index (κ1) is 13.7. The van der Waals surface area contributed by atoms with Gasteiger partial charge in [0.25, 0.3) is 0 Å². The smallest absolute Gasteiger partial charge is 0.198 e. The summed E-state index contributed by atoms with van der Waals surface area (Å²) in [5, 5.41) is 0.497. The molecule has 98 valence electrons. The molecule has 0 aliphatic heterocycles. The van der Waals surface area contributed by atoms with E-state index in [-0.39, 0.29) is 16.3 Å². The lowest BCUT2D eigenvalue weighted by Gasteiger charge is -2.09. The highest BCUT2D eigenvalue weighted by molar-refractivity contribution is 7.80. The molecule has 2 rings (SSSR count). The summed E-state index contributed by atoms with van der Waals surface area (Å²) < 4.78 is 32.6. The average molecular weight is 300 g/mol. The van der Waals surface area contributed by atoms with E-state index in [0.29, 0.717) is 5.02 Å². The summed E-state index contributed by atoms with van der Waals surface area (Å²) in [6.45, 7) is 0. The van der Waals surface area contributed by atoms with E-state index in [1.165, 1.54) is 12.1 Å². The van der Waals surface area contributed by atoms with Gasteiger partial charge in [-0.3, -0.25) is 0 Å². The molecule has 0 aromatic heterocycles. The van der Waals surface area contributed by atoms with Crippen LogP contribution >= 0.6 is 23.8 Å². The fraction of sp³-hybridized carbons (Fsp3) is 0. The van der Waals surface area contributed by atoms with Crippen molar-refractivity contribution in [2.45, 2.75) is 0 Å². The summed E-state index contributed by atoms with van der Waals surface area (Å²) in [4.78, 5) is -0.0872. The Morgan fingerprint density at radius 2 is 1.63 bits per heavy atom. The average Bonchev–Trinajstić information content (AvgIpc) is 2.35. The van der Waals surface area contributed by atoms with Crippen LogP contribution in [-0.2, 0) is 0 Å². The van der Waals surface area contributed by atoms with Crippen LogP contribution in [0.15, 0.2) is 36.4 Å². The largest absolute Gasteiger partial charge is 0.451 e. The van der Waals surface area contributed by atoms with Gasteiger partial charge in [0.1, 0.15) is 10.7 Å². The Labute approximate surface area is 118 Å². The molecule has 0 atom stereocenters. The molecule has 0 saturated heterocycles. The first-order valence-electron chi connectivity index (χ1n) is 5.19. The third-order valence-electron chi connectivity index (χ3n) is 2.32. The zero-order valence-electron chi connectivity index (χ0n) is 9.49. The van der Waals surface area contributed by atoms with E-state index >= 15 is 0 Å². The Morgan fingerprint density at radius 1 is 1.11 bits per heavy atom. The predicted molar refractivity (Wildman–Crippen MR) is 73.8 cm³/mol. The van der Waals surface area contributed by atoms with E-state index in [1.807, 2.05) is 0 Å². The van der Waals surface area contributed by atoms with Gasteiger partial charge in [-0.05, 0) is 36.4 Å². The fourth-order valence-corrected chi connectivity index (χ4v) is 1.66. The van der Waals surface area contributed by atoms with Gasteiger partial charge in [-0.25, -0.2) is 8.78 Å². The van der Waals surface area contributed by atoms with Gasteiger partial charge in [-0.1, -0.05) is 23.8 Å². The van der Waals surface area contributed by atoms with E-state index in [2.05, 4.69) is 12.2 Å². The van der Waals surface area contributed by atoms with Crippen molar-refractivity contribution in [3.05, 3.63) is 58.6 Å². The van der Waals surface area contributed by atoms with Crippen molar-refractivity contribution in [1.29, 1.82) is 0 Å². The summed E-state index contributed by atoms with van der Waals surface area (Å²) in [6.07, 6.45) is 0. The molecule has 0 aliphatic rings. The number of hydrogen-bond acceptors (Lipinski definition) is 2. The zero-order valence-corrected chi connectivity index (χ0v) is 11.1. The van der Waals surface area contributed by atoms with E-state index in [1.54, 1.807) is 12.1 Å². The van der Waals surface area contributed by atoms with Crippen LogP contribution in [-0.4, -0.2) is 4.99 Å². The van der Waals surface area contributed by atoms with Gasteiger partial charge >= 0.3 is 0 Å². The maximum Gasteiger partial charge on any atom is 0.198 e. The third-order valence-corrected chi connectivity index (χ3v) is 2.80. The van der Waals surface area contributed by atoms with Crippen molar-refractivity contribution in [3.63, 3.8) is 0 Å². The molecule has 0 spiro atoms. The summed E-state index contributed by atoms with van der Waals surface area (Å²) in [7, 11) is 0. The van der Waals surface area contributed by atoms with Crippen molar-refractivity contribution in [2.24, 2.45) is 5.73 Å². The molecule has 2 aromatic rings. The van der Waals surface area contributed by atoms with Crippen molar-refractivity contribution in [2.75, 3.05) is 0 Å². The first-order chi connectivity index (χ1) is 8.97. The van der Waals surface area contributed by atoms with Crippen molar-refractivity contribution >= 4 is 28.8 Å². The lowest BCUT2D eigenvalue weighted by atomic mass is 10.2. The number of thiocarbonyl (C=S) groups is 1. The maximum atomic E-state index is 13.7. The molecule has 0 radical (unpaired) electrons. The Balaban J connectivity index is 2.35. The van der Waals surface area contributed by atoms with Gasteiger partial charge in [0.15, 0.2) is 17.4 Å². The number of hydrogen-bond donors (Lipinski definition) is 1. The second kappa shape index (κ2) is 5.50. The van der Waals surface area contributed by atoms with E-state index in [4.69, 9.17) is 22.1 Å². The van der Waals surface area contributed by atoms with Crippen LogP contribution in [0, 0.1) is 11.6 Å². The Morgan fingerprint density at radius 3 is 2.11 bits per heavy atom. The first-order valence-corrected chi connectivity index (χ1v) is 5.98. The van der Waals surface area contributed by atoms with Crippen LogP contribution in [0.2, 0.25) is 5.02 Å². The quantitative estimate of drug-likeness (QED) is 0.869. The van der Waals surface area contributed by atoms with Gasteiger partial charge in [0.2, 0.25) is 0 Å². The molecule has 0 saturated carbocycles. The third kappa shape index (κ3) is 3.19. The van der Waals surface area contributed by atoms with Crippen molar-refractivity contribution in [1.82, 2.24) is 0 Å². The molecule has 2 nitrogen and oxygen atoms in total. The highest BCUT2D eigenvalue weighted by Gasteiger charge is 2.14. The van der Waals surface area contributed by atoms with E-state index in [9.17, 15) is 8.78 Å². The highest BCUT2D eigenvalue weighted by Crippen LogP contribution is 2.29. The Hall–Kier alpha value is -1.72. The monoisotopic (exact) mass is 299 g/mol. The van der Waals surface area contributed by atoms with E-state index in [0.717, 1.165) is 12.1 Å². The molecule has 2 N–H and O–H groups in total. The normalized spacial score (nSPS) is 10.3. The molecule has 0 fully saturated rings. The molecule has 0 amide bonds. The van der Waals surface area contributed by atoms with Crippen LogP contribution in [0.3, 0.4) is 0 Å². The minimum absolute atomic E-state index is 0.0872. The second-order valence-electron chi connectivity index (χ2n) is 3.69. The summed E-state index contributed by atoms with van der Waals surface area (Å²) in [5.41, 5.74) is 5.42. The van der Waals surface area contributed by atoms with Crippen molar-refractivity contribution in [3.8, 4) is 11.5 Å². The minimum atomic E-state index is -0.877. The molecule has 0 heterocycles. The number of halogens is 3. The van der Waals surface area contributed by atoms with Gasteiger partial charge in [-0.2, -0.15) is 0 Å². The van der Waals surface area contributed by atoms with Gasteiger partial charge < -0.3 is 10.5 Å². The number of ether oxygens (including phenoxy) is 1.